The summed E-state index contributed by atoms with van der Waals surface area (Å²) < 4.78 is 15.8. The summed E-state index contributed by atoms with van der Waals surface area (Å²) in [6, 6.07) is 9.04. The van der Waals surface area contributed by atoms with Crippen LogP contribution in [0.4, 0.5) is 10.1 Å². The molecule has 0 radical (unpaired) electrons. The molecule has 2 heterocycles. The zero-order valence-electron chi connectivity index (χ0n) is 16.5. The van der Waals surface area contributed by atoms with Crippen LogP contribution >= 0.6 is 0 Å². The summed E-state index contributed by atoms with van der Waals surface area (Å²) in [5.41, 5.74) is 4.04. The molecule has 1 aromatic heterocycles. The van der Waals surface area contributed by atoms with Gasteiger partial charge >= 0.3 is 0 Å². The molecule has 0 fully saturated rings. The van der Waals surface area contributed by atoms with Crippen LogP contribution in [0.3, 0.4) is 0 Å². The molecule has 4 heteroatoms. The van der Waals surface area contributed by atoms with E-state index in [1.54, 1.807) is 6.07 Å². The van der Waals surface area contributed by atoms with Gasteiger partial charge in [0.05, 0.1) is 17.4 Å². The van der Waals surface area contributed by atoms with Crippen molar-refractivity contribution in [2.24, 2.45) is 17.0 Å². The van der Waals surface area contributed by atoms with Crippen LogP contribution in [0.2, 0.25) is 0 Å². The van der Waals surface area contributed by atoms with Gasteiger partial charge in [-0.1, -0.05) is 25.5 Å². The largest absolute Gasteiger partial charge is 0.344 e. The highest BCUT2D eigenvalue weighted by molar-refractivity contribution is 6.12. The number of hydrogen-bond acceptors (Lipinski definition) is 2. The minimum Gasteiger partial charge on any atom is -0.344 e. The van der Waals surface area contributed by atoms with Crippen LogP contribution in [0.15, 0.2) is 46.4 Å². The molecular formula is C24H26FN3. The fraction of sp³-hybridized carbons (Fsp3) is 0.333. The van der Waals surface area contributed by atoms with Gasteiger partial charge in [-0.15, -0.1) is 0 Å². The number of halogens is 1. The van der Waals surface area contributed by atoms with Crippen molar-refractivity contribution in [3.05, 3.63) is 58.5 Å². The van der Waals surface area contributed by atoms with Crippen molar-refractivity contribution in [3.63, 3.8) is 0 Å². The topological polar surface area (TPSA) is 29.6 Å². The first-order valence-electron chi connectivity index (χ1n) is 10.1. The van der Waals surface area contributed by atoms with E-state index in [4.69, 9.17) is 4.99 Å². The van der Waals surface area contributed by atoms with Gasteiger partial charge in [0.15, 0.2) is 0 Å². The summed E-state index contributed by atoms with van der Waals surface area (Å²) in [6.45, 7) is 2.19. The first-order valence-corrected chi connectivity index (χ1v) is 10.1. The van der Waals surface area contributed by atoms with Crippen molar-refractivity contribution < 1.29 is 4.39 Å². The zero-order valence-corrected chi connectivity index (χ0v) is 16.5. The molecule has 0 saturated carbocycles. The van der Waals surface area contributed by atoms with E-state index in [-0.39, 0.29) is 5.82 Å². The molecule has 2 aliphatic rings. The minimum atomic E-state index is -0.253. The van der Waals surface area contributed by atoms with Crippen LogP contribution < -0.4 is 10.6 Å². The van der Waals surface area contributed by atoms with Gasteiger partial charge in [0.1, 0.15) is 5.82 Å². The molecular weight excluding hydrogens is 349 g/mol. The lowest BCUT2D eigenvalue weighted by molar-refractivity contribution is 0.628. The molecule has 1 atom stereocenters. The molecule has 0 saturated heterocycles. The molecule has 1 aliphatic carbocycles. The molecule has 1 aliphatic heterocycles. The van der Waals surface area contributed by atoms with Gasteiger partial charge in [0, 0.05) is 29.9 Å². The maximum absolute atomic E-state index is 13.5. The van der Waals surface area contributed by atoms with E-state index in [1.807, 2.05) is 12.3 Å². The highest BCUT2D eigenvalue weighted by Crippen LogP contribution is 2.20. The molecule has 2 aromatic rings. The Morgan fingerprint density at radius 1 is 1.29 bits per heavy atom. The normalized spacial score (nSPS) is 21.4. The Hall–Kier alpha value is -2.75. The molecule has 0 amide bonds. The van der Waals surface area contributed by atoms with E-state index in [0.29, 0.717) is 11.7 Å². The molecule has 1 unspecified atom stereocenters. The number of fused-ring (bicyclic) bond motifs is 1. The summed E-state index contributed by atoms with van der Waals surface area (Å²) in [7, 11) is 2.10. The number of rotatable bonds is 4. The second-order valence-electron chi connectivity index (χ2n) is 7.51. The lowest BCUT2D eigenvalue weighted by atomic mass is 10.1. The van der Waals surface area contributed by atoms with Crippen LogP contribution in [0.5, 0.6) is 0 Å². The summed E-state index contributed by atoms with van der Waals surface area (Å²) in [4.78, 5) is 9.35. The first-order chi connectivity index (χ1) is 13.6. The maximum atomic E-state index is 13.5. The van der Waals surface area contributed by atoms with Crippen molar-refractivity contribution in [3.8, 4) is 0 Å². The van der Waals surface area contributed by atoms with Crippen molar-refractivity contribution in [2.75, 3.05) is 0 Å². The summed E-state index contributed by atoms with van der Waals surface area (Å²) in [5.74, 6) is -0.253. The van der Waals surface area contributed by atoms with Crippen LogP contribution in [0.1, 0.15) is 44.7 Å². The predicted molar refractivity (Wildman–Crippen MR) is 116 cm³/mol. The van der Waals surface area contributed by atoms with Gasteiger partial charge in [-0.25, -0.2) is 4.39 Å². The van der Waals surface area contributed by atoms with Gasteiger partial charge in [0.25, 0.3) is 0 Å². The Balaban J connectivity index is 1.77. The van der Waals surface area contributed by atoms with Gasteiger partial charge in [-0.3, -0.25) is 9.98 Å². The van der Waals surface area contributed by atoms with Crippen LogP contribution in [0.25, 0.3) is 17.7 Å². The maximum Gasteiger partial charge on any atom is 0.125 e. The van der Waals surface area contributed by atoms with Crippen molar-refractivity contribution in [1.29, 1.82) is 0 Å². The summed E-state index contributed by atoms with van der Waals surface area (Å²) >= 11 is 0. The molecule has 3 nitrogen and oxygen atoms in total. The van der Waals surface area contributed by atoms with E-state index < -0.39 is 0 Å². The average Bonchev–Trinajstić information content (AvgIpc) is 3.22. The van der Waals surface area contributed by atoms with Gasteiger partial charge in [-0.2, -0.15) is 0 Å². The van der Waals surface area contributed by atoms with E-state index >= 15 is 0 Å². The smallest absolute Gasteiger partial charge is 0.125 e. The summed E-state index contributed by atoms with van der Waals surface area (Å²) in [5, 5.41) is 2.38. The van der Waals surface area contributed by atoms with E-state index in [2.05, 4.69) is 47.8 Å². The van der Waals surface area contributed by atoms with E-state index in [0.717, 1.165) is 43.2 Å². The molecule has 0 bridgehead atoms. The zero-order chi connectivity index (χ0) is 19.5. The van der Waals surface area contributed by atoms with Crippen LogP contribution in [0, 0.1) is 5.82 Å². The molecule has 1 aromatic carbocycles. The third-order valence-electron chi connectivity index (χ3n) is 5.35. The Bertz CT molecular complexity index is 1090. The minimum absolute atomic E-state index is 0.253. The number of aliphatic imine (C=N–C) groups is 2. The highest BCUT2D eigenvalue weighted by Gasteiger charge is 2.15. The van der Waals surface area contributed by atoms with Crippen molar-refractivity contribution in [1.82, 2.24) is 4.57 Å². The molecule has 144 valence electrons. The monoisotopic (exact) mass is 375 g/mol. The van der Waals surface area contributed by atoms with Crippen LogP contribution in [-0.4, -0.2) is 22.5 Å². The Morgan fingerprint density at radius 3 is 3.00 bits per heavy atom. The first kappa shape index (κ1) is 18.6. The average molecular weight is 375 g/mol. The number of hydrogen-bond donors (Lipinski definition) is 0. The lowest BCUT2D eigenvalue weighted by Crippen LogP contribution is -2.30. The fourth-order valence-corrected chi connectivity index (χ4v) is 3.91. The predicted octanol–water partition coefficient (Wildman–Crippen LogP) is 4.32. The molecule has 0 N–H and O–H groups in total. The number of nitrogens with zero attached hydrogens (tertiary/aromatic N) is 3. The molecule has 4 rings (SSSR count). The Labute approximate surface area is 165 Å². The number of allylic oxidation sites excluding steroid dienone is 1. The number of aromatic nitrogens is 1. The van der Waals surface area contributed by atoms with Gasteiger partial charge in [0.2, 0.25) is 0 Å². The fourth-order valence-electron chi connectivity index (χ4n) is 3.91. The number of benzene rings is 1. The Morgan fingerprint density at radius 2 is 2.18 bits per heavy atom. The second-order valence-corrected chi connectivity index (χ2v) is 7.51. The SMILES string of the molecule is CCCC1C=C(c2cc3/c(n2C)=C\C(=Nc2cccc(F)c2)CCCC=3)C=N1. The van der Waals surface area contributed by atoms with Crippen molar-refractivity contribution in [2.45, 2.75) is 45.1 Å². The third-order valence-corrected chi connectivity index (χ3v) is 5.35. The van der Waals surface area contributed by atoms with E-state index in [9.17, 15) is 4.39 Å². The summed E-state index contributed by atoms with van der Waals surface area (Å²) in [6.07, 6.45) is 13.9. The second kappa shape index (κ2) is 8.09. The third kappa shape index (κ3) is 3.91. The van der Waals surface area contributed by atoms with Crippen LogP contribution in [-0.2, 0) is 7.05 Å². The Kier molecular flexibility index (Phi) is 5.38. The van der Waals surface area contributed by atoms with Crippen molar-refractivity contribution >= 4 is 35.3 Å². The molecule has 28 heavy (non-hydrogen) atoms. The highest BCUT2D eigenvalue weighted by atomic mass is 19.1. The lowest BCUT2D eigenvalue weighted by Gasteiger charge is -2.06. The van der Waals surface area contributed by atoms with Gasteiger partial charge < -0.3 is 4.57 Å². The standard InChI is InChI=1S/C24H26FN3/c1-3-7-20-12-18(16-26-20)23-13-17-8-4-5-10-22(15-24(17)28(23)2)27-21-11-6-9-19(25)14-21/h6,8-9,11-16,20H,3-5,7,10H2,1-2H3/b17-8?,24-15+,27-22?. The molecule has 0 spiro atoms. The van der Waals surface area contributed by atoms with E-state index in [1.165, 1.54) is 28.6 Å². The van der Waals surface area contributed by atoms with Gasteiger partial charge in [-0.05, 0) is 67.3 Å². The quantitative estimate of drug-likeness (QED) is 0.762.